The Bertz CT molecular complexity index is 196. The number of amides is 1. The third-order valence-corrected chi connectivity index (χ3v) is 2.62. The van der Waals surface area contributed by atoms with E-state index in [0.717, 1.165) is 4.31 Å². The summed E-state index contributed by atoms with van der Waals surface area (Å²) in [5.74, 6) is -0.321. The predicted molar refractivity (Wildman–Crippen MR) is 44.2 cm³/mol. The molecule has 0 saturated carbocycles. The fourth-order valence-electron chi connectivity index (χ4n) is 0.913. The number of carbonyl (C=O) groups is 1. The Morgan fingerprint density at radius 2 is 2.27 bits per heavy atom. The highest BCUT2D eigenvalue weighted by molar-refractivity contribution is 8.22. The third kappa shape index (κ3) is 1.95. The lowest BCUT2D eigenvalue weighted by atomic mass is 10.3. The number of nitrogens with zero attached hydrogens (tertiary/aromatic N) is 1. The maximum Gasteiger partial charge on any atom is 0.264 e. The summed E-state index contributed by atoms with van der Waals surface area (Å²) in [4.78, 5) is 11.0. The first-order valence-corrected chi connectivity index (χ1v) is 5.14. The van der Waals surface area contributed by atoms with E-state index >= 15 is 0 Å². The van der Waals surface area contributed by atoms with Gasteiger partial charge in [-0.05, 0) is 6.42 Å². The quantitative estimate of drug-likeness (QED) is 0.629. The first-order chi connectivity index (χ1) is 5.02. The van der Waals surface area contributed by atoms with Gasteiger partial charge in [0.15, 0.2) is 0 Å². The van der Waals surface area contributed by atoms with Crippen LogP contribution in [0.2, 0.25) is 0 Å². The van der Waals surface area contributed by atoms with Crippen LogP contribution in [-0.2, 0) is 4.79 Å². The summed E-state index contributed by atoms with van der Waals surface area (Å²) in [6.07, 6.45) is 5.03. The van der Waals surface area contributed by atoms with Gasteiger partial charge in [-0.25, -0.2) is 4.31 Å². The van der Waals surface area contributed by atoms with E-state index in [1.807, 2.05) is 0 Å². The molecule has 0 aromatic rings. The van der Waals surface area contributed by atoms with Crippen molar-refractivity contribution in [2.45, 2.75) is 6.42 Å². The first kappa shape index (κ1) is 8.58. The molecular formula is C6H11NO3S. The van der Waals surface area contributed by atoms with E-state index in [9.17, 15) is 4.79 Å². The van der Waals surface area contributed by atoms with Gasteiger partial charge in [-0.1, -0.05) is 6.08 Å². The summed E-state index contributed by atoms with van der Waals surface area (Å²) in [5, 5.41) is 0. The molecule has 1 aliphatic heterocycles. The molecule has 0 unspecified atom stereocenters. The van der Waals surface area contributed by atoms with E-state index in [-0.39, 0.29) is 5.91 Å². The summed E-state index contributed by atoms with van der Waals surface area (Å²) < 4.78 is 19.3. The van der Waals surface area contributed by atoms with E-state index in [1.165, 1.54) is 12.3 Å². The van der Waals surface area contributed by atoms with E-state index in [0.29, 0.717) is 13.0 Å². The van der Waals surface area contributed by atoms with Gasteiger partial charge >= 0.3 is 0 Å². The molecule has 1 aliphatic rings. The fraction of sp³-hybridized carbons (Fsp3) is 0.500. The van der Waals surface area contributed by atoms with Crippen LogP contribution in [0.4, 0.5) is 0 Å². The van der Waals surface area contributed by atoms with Gasteiger partial charge in [0.25, 0.3) is 5.91 Å². The molecule has 0 spiro atoms. The van der Waals surface area contributed by atoms with E-state index in [4.69, 9.17) is 9.11 Å². The fourth-order valence-corrected chi connectivity index (χ4v) is 1.77. The Morgan fingerprint density at radius 3 is 2.64 bits per heavy atom. The minimum atomic E-state index is -2.84. The van der Waals surface area contributed by atoms with Crippen molar-refractivity contribution in [2.24, 2.45) is 0 Å². The zero-order chi connectivity index (χ0) is 8.48. The van der Waals surface area contributed by atoms with Crippen LogP contribution in [-0.4, -0.2) is 32.1 Å². The van der Waals surface area contributed by atoms with Crippen molar-refractivity contribution in [3.05, 3.63) is 12.2 Å². The molecule has 0 aliphatic carbocycles. The van der Waals surface area contributed by atoms with Crippen molar-refractivity contribution < 1.29 is 13.9 Å². The lowest BCUT2D eigenvalue weighted by Crippen LogP contribution is -2.34. The van der Waals surface area contributed by atoms with Crippen LogP contribution < -0.4 is 0 Å². The molecule has 1 rings (SSSR count). The Morgan fingerprint density at radius 1 is 1.64 bits per heavy atom. The van der Waals surface area contributed by atoms with Gasteiger partial charge in [-0.3, -0.25) is 13.9 Å². The molecule has 64 valence electrons. The molecule has 0 aromatic carbocycles. The van der Waals surface area contributed by atoms with Gasteiger partial charge in [-0.15, -0.1) is 10.8 Å². The predicted octanol–water partition coefficient (Wildman–Crippen LogP) is 1.07. The smallest absolute Gasteiger partial charge is 0.264 e. The Kier molecular flexibility index (Phi) is 2.22. The van der Waals surface area contributed by atoms with Crippen molar-refractivity contribution in [1.29, 1.82) is 0 Å². The molecule has 5 heteroatoms. The second-order valence-corrected chi connectivity index (χ2v) is 4.45. The zero-order valence-corrected chi connectivity index (χ0v) is 7.04. The zero-order valence-electron chi connectivity index (χ0n) is 6.23. The molecule has 0 aromatic heterocycles. The number of carbonyl (C=O) groups excluding carboxylic acids is 1. The highest BCUT2D eigenvalue weighted by atomic mass is 32.3. The van der Waals surface area contributed by atoms with Crippen LogP contribution in [0.3, 0.4) is 0 Å². The minimum Gasteiger partial charge on any atom is -0.282 e. The standard InChI is InChI=1S/C6H11NO3S/c1-11(9,10)7-5-3-2-4-6(7)8/h2,4,9-10H,3,5H2,1H3. The van der Waals surface area contributed by atoms with Crippen molar-refractivity contribution in [3.63, 3.8) is 0 Å². The third-order valence-electron chi connectivity index (χ3n) is 1.42. The highest BCUT2D eigenvalue weighted by Gasteiger charge is 2.22. The summed E-state index contributed by atoms with van der Waals surface area (Å²) in [6.45, 7) is 0.397. The number of hydrogen-bond donors (Lipinski definition) is 2. The van der Waals surface area contributed by atoms with Gasteiger partial charge in [0.2, 0.25) is 0 Å². The second kappa shape index (κ2) is 2.84. The largest absolute Gasteiger partial charge is 0.282 e. The number of rotatable bonds is 1. The van der Waals surface area contributed by atoms with Crippen molar-refractivity contribution >= 4 is 16.7 Å². The topological polar surface area (TPSA) is 60.8 Å². The van der Waals surface area contributed by atoms with Gasteiger partial charge in [0, 0.05) is 18.9 Å². The minimum absolute atomic E-state index is 0.321. The SMILES string of the molecule is CS(O)(O)N1CCC=CC1=O. The lowest BCUT2D eigenvalue weighted by Gasteiger charge is -2.39. The average molecular weight is 177 g/mol. The molecule has 0 bridgehead atoms. The Hall–Kier alpha value is -0.520. The van der Waals surface area contributed by atoms with Crippen LogP contribution >= 0.6 is 10.8 Å². The monoisotopic (exact) mass is 177 g/mol. The summed E-state index contributed by atoms with van der Waals surface area (Å²) >= 11 is 0. The van der Waals surface area contributed by atoms with Gasteiger partial charge in [0.1, 0.15) is 0 Å². The Balaban J connectivity index is 2.74. The summed E-state index contributed by atoms with van der Waals surface area (Å²) in [7, 11) is -2.84. The second-order valence-electron chi connectivity index (χ2n) is 2.42. The highest BCUT2D eigenvalue weighted by Crippen LogP contribution is 2.39. The van der Waals surface area contributed by atoms with Crippen LogP contribution in [0.1, 0.15) is 6.42 Å². The average Bonchev–Trinajstić information content (AvgIpc) is 1.86. The van der Waals surface area contributed by atoms with Crippen LogP contribution in [0.5, 0.6) is 0 Å². The molecule has 0 radical (unpaired) electrons. The molecule has 1 heterocycles. The maximum absolute atomic E-state index is 11.0. The van der Waals surface area contributed by atoms with Gasteiger partial charge in [-0.2, -0.15) is 0 Å². The molecule has 0 fully saturated rings. The maximum atomic E-state index is 11.0. The molecule has 0 atom stereocenters. The van der Waals surface area contributed by atoms with Crippen LogP contribution in [0.25, 0.3) is 0 Å². The van der Waals surface area contributed by atoms with E-state index in [2.05, 4.69) is 0 Å². The normalized spacial score (nSPS) is 20.6. The lowest BCUT2D eigenvalue weighted by molar-refractivity contribution is -0.122. The molecule has 11 heavy (non-hydrogen) atoms. The van der Waals surface area contributed by atoms with Crippen molar-refractivity contribution in [2.75, 3.05) is 12.8 Å². The van der Waals surface area contributed by atoms with Crippen molar-refractivity contribution in [1.82, 2.24) is 4.31 Å². The van der Waals surface area contributed by atoms with Crippen LogP contribution in [0.15, 0.2) is 12.2 Å². The van der Waals surface area contributed by atoms with Gasteiger partial charge < -0.3 is 0 Å². The van der Waals surface area contributed by atoms with Gasteiger partial charge in [0.05, 0.1) is 0 Å². The first-order valence-electron chi connectivity index (χ1n) is 3.23. The summed E-state index contributed by atoms with van der Waals surface area (Å²) in [5.41, 5.74) is 0. The molecule has 4 nitrogen and oxygen atoms in total. The summed E-state index contributed by atoms with van der Waals surface area (Å²) in [6, 6.07) is 0. The molecular weight excluding hydrogens is 166 g/mol. The molecule has 0 saturated heterocycles. The molecule has 1 amide bonds. The Labute approximate surface area is 67.0 Å². The van der Waals surface area contributed by atoms with Crippen molar-refractivity contribution in [3.8, 4) is 0 Å². The van der Waals surface area contributed by atoms with E-state index in [1.54, 1.807) is 6.08 Å². The molecule has 2 N–H and O–H groups in total. The van der Waals surface area contributed by atoms with Crippen LogP contribution in [0, 0.1) is 0 Å². The van der Waals surface area contributed by atoms with E-state index < -0.39 is 10.8 Å². The number of hydrogen-bond acceptors (Lipinski definition) is 3.